The van der Waals surface area contributed by atoms with E-state index in [0.717, 1.165) is 0 Å². The fourth-order valence-electron chi connectivity index (χ4n) is 2.90. The average molecular weight is 482 g/mol. The number of carbonyl (C=O) groups excluding carboxylic acids is 3. The summed E-state index contributed by atoms with van der Waals surface area (Å²) < 4.78 is 15.4. The van der Waals surface area contributed by atoms with Gasteiger partial charge in [-0.05, 0) is 54.0 Å². The van der Waals surface area contributed by atoms with E-state index >= 15 is 0 Å². The van der Waals surface area contributed by atoms with Crippen LogP contribution in [0.2, 0.25) is 0 Å². The second kappa shape index (κ2) is 13.3. The van der Waals surface area contributed by atoms with Gasteiger partial charge >= 0.3 is 11.9 Å². The summed E-state index contributed by atoms with van der Waals surface area (Å²) in [4.78, 5) is 46.7. The number of ether oxygens (including phenoxy) is 3. The molecular weight excluding hydrogens is 456 g/mol. The molecule has 0 heterocycles. The Morgan fingerprint density at radius 3 is 1.94 bits per heavy atom. The van der Waals surface area contributed by atoms with Crippen LogP contribution in [0.4, 0.5) is 0 Å². The van der Waals surface area contributed by atoms with Crippen molar-refractivity contribution in [2.75, 3.05) is 14.2 Å². The second-order valence-electron chi connectivity index (χ2n) is 7.34. The van der Waals surface area contributed by atoms with Crippen LogP contribution in [0.5, 0.6) is 23.0 Å². The molecule has 184 valence electrons. The van der Waals surface area contributed by atoms with Gasteiger partial charge in [0.15, 0.2) is 34.6 Å². The van der Waals surface area contributed by atoms with Crippen LogP contribution < -0.4 is 14.2 Å². The highest BCUT2D eigenvalue weighted by atomic mass is 16.6. The first-order valence-electron chi connectivity index (χ1n) is 10.6. The molecule has 2 rings (SSSR count). The number of rotatable bonds is 13. The molecule has 0 fully saturated rings. The highest BCUT2D eigenvalue weighted by molar-refractivity contribution is 6.10. The van der Waals surface area contributed by atoms with Crippen LogP contribution in [0.3, 0.4) is 0 Å². The molecule has 0 aliphatic rings. The van der Waals surface area contributed by atoms with Gasteiger partial charge < -0.3 is 24.4 Å². The number of hydrogen-bond donors (Lipinski definition) is 2. The predicted molar refractivity (Wildman–Crippen MR) is 127 cm³/mol. The minimum Gasteiger partial charge on any atom is -0.504 e. The first-order valence-corrected chi connectivity index (χ1v) is 10.6. The molecule has 0 aliphatic carbocycles. The van der Waals surface area contributed by atoms with Crippen molar-refractivity contribution >= 4 is 35.7 Å². The highest BCUT2D eigenvalue weighted by Gasteiger charge is 2.12. The minimum absolute atomic E-state index is 0.0187. The Balaban J connectivity index is 1.94. The number of esters is 1. The fourth-order valence-corrected chi connectivity index (χ4v) is 2.90. The largest absolute Gasteiger partial charge is 0.504 e. The standard InChI is InChI=1S/C26H26O9/c1-33-23-14-17(8-12-21(23)29)6-10-19(27)16-20(28)11-7-18-9-13-22(24(15-18)34-2)35-26(32)5-3-4-25(30)31/h6-15,29H,3-5,16H2,1-2H3,(H,30,31)/b10-6+,11-7+. The molecule has 0 unspecified atom stereocenters. The van der Waals surface area contributed by atoms with Crippen LogP contribution >= 0.6 is 0 Å². The first kappa shape index (κ1) is 26.8. The second-order valence-corrected chi connectivity index (χ2v) is 7.34. The molecule has 0 aromatic heterocycles. The normalized spacial score (nSPS) is 10.9. The summed E-state index contributed by atoms with van der Waals surface area (Å²) in [6, 6.07) is 9.27. The summed E-state index contributed by atoms with van der Waals surface area (Å²) in [5.41, 5.74) is 1.21. The number of allylic oxidation sites excluding steroid dienone is 2. The number of aliphatic carboxylic acids is 1. The van der Waals surface area contributed by atoms with Gasteiger partial charge in [-0.3, -0.25) is 19.2 Å². The Morgan fingerprint density at radius 2 is 1.37 bits per heavy atom. The monoisotopic (exact) mass is 482 g/mol. The number of hydrogen-bond acceptors (Lipinski definition) is 8. The zero-order valence-electron chi connectivity index (χ0n) is 19.4. The number of phenols is 1. The lowest BCUT2D eigenvalue weighted by Crippen LogP contribution is -2.09. The molecular formula is C26H26O9. The third kappa shape index (κ3) is 9.17. The Hall–Kier alpha value is -4.40. The summed E-state index contributed by atoms with van der Waals surface area (Å²) in [5.74, 6) is -1.69. The molecule has 2 N–H and O–H groups in total. The van der Waals surface area contributed by atoms with Crippen molar-refractivity contribution in [2.24, 2.45) is 0 Å². The number of phenolic OH excluding ortho intramolecular Hbond substituents is 1. The van der Waals surface area contributed by atoms with Gasteiger partial charge in [0.25, 0.3) is 0 Å². The SMILES string of the molecule is COc1cc(/C=C/C(=O)CC(=O)/C=C/c2ccc(OC(=O)CCCC(=O)O)c(OC)c2)ccc1O. The molecule has 9 nitrogen and oxygen atoms in total. The number of aromatic hydroxyl groups is 1. The van der Waals surface area contributed by atoms with Gasteiger partial charge in [-0.25, -0.2) is 0 Å². The maximum atomic E-state index is 12.2. The third-order valence-corrected chi connectivity index (χ3v) is 4.66. The van der Waals surface area contributed by atoms with Gasteiger partial charge in [0, 0.05) is 12.8 Å². The Labute approximate surface area is 202 Å². The predicted octanol–water partition coefficient (Wildman–Crippen LogP) is 3.82. The maximum Gasteiger partial charge on any atom is 0.311 e. The Kier molecular flexibility index (Phi) is 10.2. The zero-order chi connectivity index (χ0) is 25.8. The van der Waals surface area contributed by atoms with E-state index in [-0.39, 0.29) is 48.7 Å². The molecule has 0 saturated carbocycles. The number of ketones is 2. The fraction of sp³-hybridized carbons (Fsp3) is 0.231. The summed E-state index contributed by atoms with van der Waals surface area (Å²) in [5, 5.41) is 18.2. The molecule has 0 amide bonds. The number of carbonyl (C=O) groups is 4. The highest BCUT2D eigenvalue weighted by Crippen LogP contribution is 2.29. The van der Waals surface area contributed by atoms with Crippen LogP contribution in [0.1, 0.15) is 36.8 Å². The summed E-state index contributed by atoms with van der Waals surface area (Å²) in [6.07, 6.45) is 5.23. The maximum absolute atomic E-state index is 12.2. The van der Waals surface area contributed by atoms with Gasteiger partial charge in [-0.15, -0.1) is 0 Å². The molecule has 0 aliphatic heterocycles. The van der Waals surface area contributed by atoms with Gasteiger partial charge in [0.05, 0.1) is 20.6 Å². The minimum atomic E-state index is -0.989. The number of benzene rings is 2. The summed E-state index contributed by atoms with van der Waals surface area (Å²) in [7, 11) is 2.81. The lowest BCUT2D eigenvalue weighted by atomic mass is 10.1. The number of carboxylic acid groups (broad SMARTS) is 1. The van der Waals surface area contributed by atoms with E-state index in [9.17, 15) is 24.3 Å². The van der Waals surface area contributed by atoms with E-state index in [4.69, 9.17) is 19.3 Å². The molecule has 0 spiro atoms. The number of carboxylic acids is 1. The molecule has 0 saturated heterocycles. The van der Waals surface area contributed by atoms with Crippen LogP contribution in [-0.2, 0) is 19.2 Å². The van der Waals surface area contributed by atoms with Gasteiger partial charge in [-0.1, -0.05) is 24.3 Å². The van der Waals surface area contributed by atoms with E-state index in [1.54, 1.807) is 24.3 Å². The third-order valence-electron chi connectivity index (χ3n) is 4.66. The van der Waals surface area contributed by atoms with Crippen LogP contribution in [0.25, 0.3) is 12.2 Å². The van der Waals surface area contributed by atoms with Crippen LogP contribution in [0.15, 0.2) is 48.6 Å². The molecule has 2 aromatic rings. The summed E-state index contributed by atoms with van der Waals surface area (Å²) in [6.45, 7) is 0. The van der Waals surface area contributed by atoms with Crippen molar-refractivity contribution < 1.29 is 43.6 Å². The Bertz CT molecular complexity index is 1150. The van der Waals surface area contributed by atoms with Crippen molar-refractivity contribution in [3.8, 4) is 23.0 Å². The molecule has 2 aromatic carbocycles. The molecule has 0 radical (unpaired) electrons. The molecule has 9 heteroatoms. The van der Waals surface area contributed by atoms with E-state index in [1.165, 1.54) is 50.7 Å². The van der Waals surface area contributed by atoms with Gasteiger partial charge in [0.2, 0.25) is 0 Å². The van der Waals surface area contributed by atoms with Gasteiger partial charge in [0.1, 0.15) is 0 Å². The van der Waals surface area contributed by atoms with Crippen molar-refractivity contribution in [2.45, 2.75) is 25.7 Å². The number of methoxy groups -OCH3 is 2. The van der Waals surface area contributed by atoms with E-state index < -0.39 is 23.5 Å². The van der Waals surface area contributed by atoms with Crippen molar-refractivity contribution in [3.05, 3.63) is 59.7 Å². The molecule has 35 heavy (non-hydrogen) atoms. The lowest BCUT2D eigenvalue weighted by molar-refractivity contribution is -0.138. The van der Waals surface area contributed by atoms with Crippen molar-refractivity contribution in [3.63, 3.8) is 0 Å². The average Bonchev–Trinajstić information content (AvgIpc) is 2.82. The zero-order valence-corrected chi connectivity index (χ0v) is 19.4. The van der Waals surface area contributed by atoms with Crippen LogP contribution in [0, 0.1) is 0 Å². The van der Waals surface area contributed by atoms with Gasteiger partial charge in [-0.2, -0.15) is 0 Å². The summed E-state index contributed by atoms with van der Waals surface area (Å²) >= 11 is 0. The van der Waals surface area contributed by atoms with E-state index in [0.29, 0.717) is 11.1 Å². The molecule has 0 bridgehead atoms. The van der Waals surface area contributed by atoms with Crippen LogP contribution in [-0.4, -0.2) is 47.9 Å². The van der Waals surface area contributed by atoms with E-state index in [1.807, 2.05) is 0 Å². The quantitative estimate of drug-likeness (QED) is 0.189. The Morgan fingerprint density at radius 1 is 0.800 bits per heavy atom. The van der Waals surface area contributed by atoms with Crippen molar-refractivity contribution in [1.82, 2.24) is 0 Å². The first-order chi connectivity index (χ1) is 16.7. The topological polar surface area (TPSA) is 136 Å². The smallest absolute Gasteiger partial charge is 0.311 e. The van der Waals surface area contributed by atoms with E-state index in [2.05, 4.69) is 0 Å². The van der Waals surface area contributed by atoms with Crippen molar-refractivity contribution in [1.29, 1.82) is 0 Å². The lowest BCUT2D eigenvalue weighted by Gasteiger charge is -2.09. The molecule has 0 atom stereocenters.